The molecule has 1 unspecified atom stereocenters. The first-order chi connectivity index (χ1) is 13.2. The molecule has 2 aromatic rings. The highest BCUT2D eigenvalue weighted by Crippen LogP contribution is 2.29. The number of sulfonamides is 1. The Labute approximate surface area is 170 Å². The number of nitrogens with one attached hydrogen (secondary N) is 2. The van der Waals surface area contributed by atoms with Gasteiger partial charge in [-0.25, -0.2) is 8.42 Å². The zero-order valence-corrected chi connectivity index (χ0v) is 17.6. The van der Waals surface area contributed by atoms with Crippen LogP contribution >= 0.6 is 11.6 Å². The van der Waals surface area contributed by atoms with Crippen molar-refractivity contribution < 1.29 is 22.7 Å². The molecule has 2 N–H and O–H groups in total. The fraction of sp³-hybridized carbons (Fsp3) is 0.316. The monoisotopic (exact) mass is 426 g/mol. The summed E-state index contributed by atoms with van der Waals surface area (Å²) >= 11 is 5.78. The molecule has 9 heteroatoms. The summed E-state index contributed by atoms with van der Waals surface area (Å²) < 4.78 is 37.7. The minimum Gasteiger partial charge on any atom is -0.497 e. The van der Waals surface area contributed by atoms with Crippen molar-refractivity contribution in [1.29, 1.82) is 0 Å². The number of hydrogen-bond donors (Lipinski definition) is 2. The van der Waals surface area contributed by atoms with Crippen molar-refractivity contribution >= 4 is 27.5 Å². The van der Waals surface area contributed by atoms with E-state index in [0.717, 1.165) is 5.56 Å². The first-order valence-electron chi connectivity index (χ1n) is 8.48. The summed E-state index contributed by atoms with van der Waals surface area (Å²) in [5.74, 6) is 0.715. The van der Waals surface area contributed by atoms with Crippen LogP contribution in [0.25, 0.3) is 0 Å². The molecular formula is C19H23ClN2O5S. The van der Waals surface area contributed by atoms with E-state index in [1.54, 1.807) is 32.2 Å². The summed E-state index contributed by atoms with van der Waals surface area (Å²) in [4.78, 5) is 12.5. The summed E-state index contributed by atoms with van der Waals surface area (Å²) in [6.07, 6.45) is 0. The Morgan fingerprint density at radius 1 is 1.04 bits per heavy atom. The lowest BCUT2D eigenvalue weighted by Crippen LogP contribution is -2.45. The van der Waals surface area contributed by atoms with Gasteiger partial charge >= 0.3 is 0 Å². The van der Waals surface area contributed by atoms with Gasteiger partial charge in [0.1, 0.15) is 11.5 Å². The maximum absolute atomic E-state index is 12.5. The first-order valence-corrected chi connectivity index (χ1v) is 10.3. The van der Waals surface area contributed by atoms with Crippen LogP contribution in [0.5, 0.6) is 11.5 Å². The van der Waals surface area contributed by atoms with E-state index in [1.807, 2.05) is 0 Å². The third kappa shape index (κ3) is 5.37. The van der Waals surface area contributed by atoms with Crippen molar-refractivity contribution in [2.45, 2.75) is 30.8 Å². The molecule has 0 aliphatic heterocycles. The summed E-state index contributed by atoms with van der Waals surface area (Å²) in [5, 5.41) is 3.21. The van der Waals surface area contributed by atoms with Crippen LogP contribution < -0.4 is 19.5 Å². The van der Waals surface area contributed by atoms with Crippen LogP contribution in [0.1, 0.15) is 25.5 Å². The number of rotatable bonds is 8. The van der Waals surface area contributed by atoms with Crippen LogP contribution in [0.4, 0.5) is 0 Å². The van der Waals surface area contributed by atoms with Gasteiger partial charge in [0.15, 0.2) is 0 Å². The Morgan fingerprint density at radius 3 is 2.25 bits per heavy atom. The van der Waals surface area contributed by atoms with E-state index in [-0.39, 0.29) is 4.90 Å². The van der Waals surface area contributed by atoms with E-state index in [2.05, 4.69) is 10.0 Å². The van der Waals surface area contributed by atoms with Crippen molar-refractivity contribution in [1.82, 2.24) is 10.0 Å². The van der Waals surface area contributed by atoms with Gasteiger partial charge < -0.3 is 14.8 Å². The van der Waals surface area contributed by atoms with Gasteiger partial charge in [-0.15, -0.1) is 0 Å². The molecule has 1 amide bonds. The number of ether oxygens (including phenoxy) is 2. The minimum absolute atomic E-state index is 0.0291. The van der Waals surface area contributed by atoms with Crippen molar-refractivity contribution in [3.8, 4) is 11.5 Å². The third-order valence-corrected chi connectivity index (χ3v) is 5.92. The van der Waals surface area contributed by atoms with E-state index < -0.39 is 28.0 Å². The zero-order valence-electron chi connectivity index (χ0n) is 16.0. The molecule has 0 aliphatic carbocycles. The average molecular weight is 427 g/mol. The number of carbonyl (C=O) groups excluding carboxylic acids is 1. The maximum Gasteiger partial charge on any atom is 0.241 e. The normalized spacial score (nSPS) is 13.5. The number of methoxy groups -OCH3 is 2. The molecule has 0 saturated heterocycles. The van der Waals surface area contributed by atoms with Crippen LogP contribution in [-0.4, -0.2) is 34.6 Å². The largest absolute Gasteiger partial charge is 0.497 e. The summed E-state index contributed by atoms with van der Waals surface area (Å²) in [6.45, 7) is 3.25. The lowest BCUT2D eigenvalue weighted by atomic mass is 10.1. The van der Waals surface area contributed by atoms with Crippen LogP contribution in [-0.2, 0) is 14.8 Å². The van der Waals surface area contributed by atoms with Crippen molar-refractivity contribution in [3.63, 3.8) is 0 Å². The molecule has 2 rings (SSSR count). The van der Waals surface area contributed by atoms with Gasteiger partial charge in [-0.05, 0) is 50.2 Å². The first kappa shape index (κ1) is 22.0. The van der Waals surface area contributed by atoms with Crippen LogP contribution in [0.2, 0.25) is 5.02 Å². The molecule has 0 saturated carbocycles. The Kier molecular flexibility index (Phi) is 7.29. The molecule has 152 valence electrons. The van der Waals surface area contributed by atoms with Crippen molar-refractivity contribution in [2.75, 3.05) is 14.2 Å². The third-order valence-electron chi connectivity index (χ3n) is 4.12. The summed E-state index contributed by atoms with van der Waals surface area (Å²) in [5.41, 5.74) is 0.740. The molecule has 0 aliphatic rings. The van der Waals surface area contributed by atoms with E-state index in [1.165, 1.54) is 38.3 Å². The van der Waals surface area contributed by atoms with Gasteiger partial charge in [0.25, 0.3) is 0 Å². The predicted octanol–water partition coefficient (Wildman–Crippen LogP) is 2.90. The summed E-state index contributed by atoms with van der Waals surface area (Å²) in [7, 11) is -0.781. The molecule has 2 aromatic carbocycles. The van der Waals surface area contributed by atoms with Gasteiger partial charge in [-0.1, -0.05) is 11.6 Å². The highest BCUT2D eigenvalue weighted by molar-refractivity contribution is 7.89. The lowest BCUT2D eigenvalue weighted by molar-refractivity contribution is -0.123. The van der Waals surface area contributed by atoms with Crippen LogP contribution in [0, 0.1) is 0 Å². The molecule has 0 bridgehead atoms. The molecule has 0 spiro atoms. The molecule has 28 heavy (non-hydrogen) atoms. The zero-order chi connectivity index (χ0) is 20.9. The maximum atomic E-state index is 12.5. The van der Waals surface area contributed by atoms with E-state index in [0.29, 0.717) is 16.5 Å². The van der Waals surface area contributed by atoms with E-state index in [9.17, 15) is 13.2 Å². The van der Waals surface area contributed by atoms with Gasteiger partial charge in [-0.3, -0.25) is 4.79 Å². The fourth-order valence-corrected chi connectivity index (χ4v) is 3.89. The second-order valence-corrected chi connectivity index (χ2v) is 8.29. The molecule has 0 fully saturated rings. The summed E-state index contributed by atoms with van der Waals surface area (Å²) in [6, 6.07) is 9.56. The molecule has 0 radical (unpaired) electrons. The molecule has 0 heterocycles. The highest BCUT2D eigenvalue weighted by Gasteiger charge is 2.24. The number of benzene rings is 2. The van der Waals surface area contributed by atoms with Gasteiger partial charge in [0.2, 0.25) is 15.9 Å². The second kappa shape index (κ2) is 9.27. The predicted molar refractivity (Wildman–Crippen MR) is 107 cm³/mol. The van der Waals surface area contributed by atoms with Gasteiger partial charge in [0, 0.05) is 16.7 Å². The smallest absolute Gasteiger partial charge is 0.241 e. The fourth-order valence-electron chi connectivity index (χ4n) is 2.56. The van der Waals surface area contributed by atoms with Gasteiger partial charge in [0.05, 0.1) is 31.2 Å². The SMILES string of the molecule is COc1ccc(C(C)NC(=O)[C@H](C)NS(=O)(=O)c2ccc(Cl)cc2)c(OC)c1. The molecule has 7 nitrogen and oxygen atoms in total. The van der Waals surface area contributed by atoms with E-state index >= 15 is 0 Å². The van der Waals surface area contributed by atoms with Crippen LogP contribution in [0.15, 0.2) is 47.4 Å². The van der Waals surface area contributed by atoms with Crippen molar-refractivity contribution in [2.24, 2.45) is 0 Å². The lowest BCUT2D eigenvalue weighted by Gasteiger charge is -2.21. The number of amides is 1. The Morgan fingerprint density at radius 2 is 1.68 bits per heavy atom. The Balaban J connectivity index is 2.08. The average Bonchev–Trinajstić information content (AvgIpc) is 2.67. The second-order valence-electron chi connectivity index (χ2n) is 6.14. The van der Waals surface area contributed by atoms with Crippen LogP contribution in [0.3, 0.4) is 0 Å². The number of carbonyl (C=O) groups is 1. The van der Waals surface area contributed by atoms with Gasteiger partial charge in [-0.2, -0.15) is 4.72 Å². The van der Waals surface area contributed by atoms with Crippen molar-refractivity contribution in [3.05, 3.63) is 53.1 Å². The van der Waals surface area contributed by atoms with E-state index in [4.69, 9.17) is 21.1 Å². The molecule has 2 atom stereocenters. The Bertz CT molecular complexity index is 932. The quantitative estimate of drug-likeness (QED) is 0.676. The highest BCUT2D eigenvalue weighted by atomic mass is 35.5. The topological polar surface area (TPSA) is 93.7 Å². The number of hydrogen-bond acceptors (Lipinski definition) is 5. The Hall–Kier alpha value is -2.29. The standard InChI is InChI=1S/C19H23ClN2O5S/c1-12(17-10-7-15(26-3)11-18(17)27-4)21-19(23)13(2)22-28(24,25)16-8-5-14(20)6-9-16/h5-13,22H,1-4H3,(H,21,23)/t12?,13-/m0/s1. The molecule has 0 aromatic heterocycles. The molecular weight excluding hydrogens is 404 g/mol. The minimum atomic E-state index is -3.85. The number of halogens is 1.